The molecule has 6 aromatic rings. The van der Waals surface area contributed by atoms with E-state index in [4.69, 9.17) is 43.1 Å². The number of pyridine rings is 2. The lowest BCUT2D eigenvalue weighted by atomic mass is 10.2. The van der Waals surface area contributed by atoms with Crippen molar-refractivity contribution in [3.05, 3.63) is 125 Å². The number of methoxy groups -OCH3 is 1. The number of phenolic OH excluding ortho intramolecular Hbond substituents is 1. The van der Waals surface area contributed by atoms with E-state index in [2.05, 4.69) is 25.3 Å². The van der Waals surface area contributed by atoms with E-state index in [1.807, 2.05) is 42.5 Å². The molecule has 0 amide bonds. The molecule has 3 aromatic heterocycles. The lowest BCUT2D eigenvalue weighted by Crippen LogP contribution is -1.99. The molecule has 45 heavy (non-hydrogen) atoms. The smallest absolute Gasteiger partial charge is 0.162 e. The molecule has 0 fully saturated rings. The molecule has 0 radical (unpaired) electrons. The molecular formula is C33H28Cl2N6O4. The summed E-state index contributed by atoms with van der Waals surface area (Å²) < 4.78 is 16.4. The summed E-state index contributed by atoms with van der Waals surface area (Å²) in [6.45, 7) is 0.718. The van der Waals surface area contributed by atoms with Crippen LogP contribution in [0.25, 0.3) is 10.9 Å². The Morgan fingerprint density at radius 2 is 1.38 bits per heavy atom. The number of aromatic hydroxyl groups is 1. The van der Waals surface area contributed by atoms with Gasteiger partial charge in [-0.25, -0.2) is 9.97 Å². The molecule has 0 aliphatic heterocycles. The summed E-state index contributed by atoms with van der Waals surface area (Å²) in [4.78, 5) is 16.9. The minimum Gasteiger partial charge on any atom is -0.504 e. The number of halogens is 2. The van der Waals surface area contributed by atoms with Gasteiger partial charge in [0.15, 0.2) is 11.5 Å². The minimum atomic E-state index is 0.00847. The zero-order valence-electron chi connectivity index (χ0n) is 24.0. The van der Waals surface area contributed by atoms with Gasteiger partial charge in [-0.2, -0.15) is 0 Å². The fourth-order valence-electron chi connectivity index (χ4n) is 4.07. The molecule has 4 N–H and O–H groups in total. The highest BCUT2D eigenvalue weighted by Crippen LogP contribution is 2.35. The lowest BCUT2D eigenvalue weighted by Gasteiger charge is -2.12. The van der Waals surface area contributed by atoms with Crippen LogP contribution in [-0.2, 0) is 13.2 Å². The highest BCUT2D eigenvalue weighted by Gasteiger charge is 2.11. The first-order valence-electron chi connectivity index (χ1n) is 13.6. The van der Waals surface area contributed by atoms with Crippen molar-refractivity contribution in [2.24, 2.45) is 0 Å². The minimum absolute atomic E-state index is 0.00847. The van der Waals surface area contributed by atoms with Gasteiger partial charge in [-0.1, -0.05) is 35.3 Å². The van der Waals surface area contributed by atoms with Crippen molar-refractivity contribution in [1.82, 2.24) is 19.9 Å². The fourth-order valence-corrected chi connectivity index (χ4v) is 4.55. The van der Waals surface area contributed by atoms with Gasteiger partial charge in [-0.15, -0.1) is 0 Å². The van der Waals surface area contributed by atoms with Crippen molar-refractivity contribution in [3.8, 4) is 23.0 Å². The molecule has 0 spiro atoms. The Balaban J connectivity index is 0.000000211. The van der Waals surface area contributed by atoms with E-state index in [1.165, 1.54) is 13.4 Å². The summed E-state index contributed by atoms with van der Waals surface area (Å²) in [7, 11) is 1.49. The number of nitrogen functional groups attached to an aromatic ring is 1. The summed E-state index contributed by atoms with van der Waals surface area (Å²) in [5.41, 5.74) is 9.23. The molecule has 0 aliphatic rings. The largest absolute Gasteiger partial charge is 0.504 e. The predicted octanol–water partition coefficient (Wildman–Crippen LogP) is 7.61. The lowest BCUT2D eigenvalue weighted by molar-refractivity contribution is 0.301. The standard InChI is InChI=1S/C21H17ClN4O3.C12H11ClN2O/c1-28-20-10-17-15(9-18(20)27)21(25-12-24-17)26-13-5-6-19(16(22)8-13)29-11-14-4-2-3-7-23-14;13-11-7-9(14)4-5-12(11)16-8-10-3-1-2-6-15-10/h2-10,12,27H,11H2,1H3,(H,24,25,26);1-7H,8,14H2. The summed E-state index contributed by atoms with van der Waals surface area (Å²) in [5.74, 6) is 2.05. The van der Waals surface area contributed by atoms with Crippen molar-refractivity contribution >= 4 is 51.3 Å². The average molecular weight is 644 g/mol. The van der Waals surface area contributed by atoms with Crippen LogP contribution in [0.4, 0.5) is 17.2 Å². The molecule has 0 atom stereocenters. The number of hydrogen-bond donors (Lipinski definition) is 3. The predicted molar refractivity (Wildman–Crippen MR) is 175 cm³/mol. The third kappa shape index (κ3) is 8.41. The Labute approximate surface area is 269 Å². The SMILES string of the molecule is COc1cc2ncnc(Nc3ccc(OCc4ccccn4)c(Cl)c3)c2cc1O.Nc1ccc(OCc2ccccn2)c(Cl)c1. The van der Waals surface area contributed by atoms with E-state index >= 15 is 0 Å². The Morgan fingerprint density at radius 3 is 1.96 bits per heavy atom. The Hall–Kier alpha value is -5.32. The molecule has 0 unspecified atom stereocenters. The summed E-state index contributed by atoms with van der Waals surface area (Å²) >= 11 is 12.3. The number of rotatable bonds is 9. The monoisotopic (exact) mass is 642 g/mol. The van der Waals surface area contributed by atoms with Crippen LogP contribution >= 0.6 is 23.2 Å². The second-order valence-electron chi connectivity index (χ2n) is 9.44. The third-order valence-corrected chi connectivity index (χ3v) is 6.88. The van der Waals surface area contributed by atoms with Gasteiger partial charge in [0.05, 0.1) is 34.1 Å². The van der Waals surface area contributed by atoms with Gasteiger partial charge in [0.25, 0.3) is 0 Å². The van der Waals surface area contributed by atoms with Crippen LogP contribution in [0.1, 0.15) is 11.4 Å². The van der Waals surface area contributed by atoms with E-state index in [-0.39, 0.29) is 5.75 Å². The summed E-state index contributed by atoms with van der Waals surface area (Å²) in [6, 6.07) is 25.0. The van der Waals surface area contributed by atoms with Gasteiger partial charge in [0.2, 0.25) is 0 Å². The summed E-state index contributed by atoms with van der Waals surface area (Å²) in [5, 5.41) is 14.9. The summed E-state index contributed by atoms with van der Waals surface area (Å²) in [6.07, 6.45) is 4.88. The first-order chi connectivity index (χ1) is 21.9. The molecular weight excluding hydrogens is 615 g/mol. The Morgan fingerprint density at radius 1 is 0.733 bits per heavy atom. The number of benzene rings is 3. The van der Waals surface area contributed by atoms with Gasteiger partial charge in [-0.05, 0) is 66.7 Å². The maximum atomic E-state index is 10.1. The Kier molecular flexibility index (Phi) is 10.3. The molecule has 0 saturated carbocycles. The molecule has 3 aromatic carbocycles. The molecule has 6 rings (SSSR count). The second-order valence-corrected chi connectivity index (χ2v) is 10.3. The molecule has 228 valence electrons. The number of phenols is 1. The number of nitrogens with zero attached hydrogens (tertiary/aromatic N) is 4. The van der Waals surface area contributed by atoms with Crippen LogP contribution in [-0.4, -0.2) is 32.2 Å². The van der Waals surface area contributed by atoms with Gasteiger partial charge in [0, 0.05) is 35.2 Å². The van der Waals surface area contributed by atoms with Crippen molar-refractivity contribution in [3.63, 3.8) is 0 Å². The topological polar surface area (TPSA) is 138 Å². The van der Waals surface area contributed by atoms with Crippen LogP contribution in [0.15, 0.2) is 104 Å². The fraction of sp³-hybridized carbons (Fsp3) is 0.0909. The molecule has 0 bridgehead atoms. The van der Waals surface area contributed by atoms with Gasteiger partial charge >= 0.3 is 0 Å². The van der Waals surface area contributed by atoms with E-state index < -0.39 is 0 Å². The molecule has 0 aliphatic carbocycles. The molecule has 3 heterocycles. The first-order valence-corrected chi connectivity index (χ1v) is 14.3. The van der Waals surface area contributed by atoms with Crippen LogP contribution in [0.5, 0.6) is 23.0 Å². The van der Waals surface area contributed by atoms with Crippen molar-refractivity contribution in [1.29, 1.82) is 0 Å². The van der Waals surface area contributed by atoms with Gasteiger partial charge in [0.1, 0.15) is 36.9 Å². The average Bonchev–Trinajstić information content (AvgIpc) is 3.05. The number of aromatic nitrogens is 4. The third-order valence-electron chi connectivity index (χ3n) is 6.29. The number of anilines is 3. The second kappa shape index (κ2) is 14.9. The van der Waals surface area contributed by atoms with Crippen LogP contribution in [0, 0.1) is 0 Å². The van der Waals surface area contributed by atoms with Crippen LogP contribution in [0.2, 0.25) is 10.0 Å². The highest BCUT2D eigenvalue weighted by atomic mass is 35.5. The highest BCUT2D eigenvalue weighted by molar-refractivity contribution is 6.32. The van der Waals surface area contributed by atoms with Gasteiger partial charge in [-0.3, -0.25) is 9.97 Å². The zero-order valence-corrected chi connectivity index (χ0v) is 25.5. The van der Waals surface area contributed by atoms with Gasteiger partial charge < -0.3 is 30.4 Å². The normalized spacial score (nSPS) is 10.5. The number of ether oxygens (including phenoxy) is 3. The quantitative estimate of drug-likeness (QED) is 0.135. The van der Waals surface area contributed by atoms with E-state index in [9.17, 15) is 5.11 Å². The number of nitrogens with one attached hydrogen (secondary N) is 1. The zero-order chi connectivity index (χ0) is 31.6. The van der Waals surface area contributed by atoms with Crippen molar-refractivity contribution < 1.29 is 19.3 Å². The molecule has 10 nitrogen and oxygen atoms in total. The number of hydrogen-bond acceptors (Lipinski definition) is 10. The Bertz CT molecular complexity index is 1880. The van der Waals surface area contributed by atoms with Crippen molar-refractivity contribution in [2.75, 3.05) is 18.2 Å². The maximum Gasteiger partial charge on any atom is 0.162 e. The van der Waals surface area contributed by atoms with E-state index in [0.29, 0.717) is 62.9 Å². The van der Waals surface area contributed by atoms with E-state index in [0.717, 1.165) is 17.1 Å². The maximum absolute atomic E-state index is 10.1. The number of fused-ring (bicyclic) bond motifs is 1. The van der Waals surface area contributed by atoms with Crippen LogP contribution in [0.3, 0.4) is 0 Å². The van der Waals surface area contributed by atoms with Crippen molar-refractivity contribution in [2.45, 2.75) is 13.2 Å². The first kappa shape index (κ1) is 31.1. The van der Waals surface area contributed by atoms with E-state index in [1.54, 1.807) is 54.9 Å². The molecule has 12 heteroatoms. The number of nitrogens with two attached hydrogens (primary N) is 1. The molecule has 0 saturated heterocycles. The van der Waals surface area contributed by atoms with Crippen LogP contribution < -0.4 is 25.3 Å².